The average Bonchev–Trinajstić information content (AvgIpc) is 2.57. The zero-order valence-corrected chi connectivity index (χ0v) is 15.2. The van der Waals surface area contributed by atoms with Crippen molar-refractivity contribution in [2.24, 2.45) is 0 Å². The smallest absolute Gasteiger partial charge is 0.230 e. The molecule has 0 amide bonds. The van der Waals surface area contributed by atoms with Crippen molar-refractivity contribution in [1.29, 1.82) is 0 Å². The van der Waals surface area contributed by atoms with Gasteiger partial charge >= 0.3 is 0 Å². The SMILES string of the molecule is Cc1nc(NC(C)(C)Cc2ccc(F)cc2F)nc(N2CCOCC2)n1. The number of benzene rings is 1. The average molecular weight is 363 g/mol. The highest BCUT2D eigenvalue weighted by atomic mass is 19.1. The summed E-state index contributed by atoms with van der Waals surface area (Å²) in [4.78, 5) is 15.3. The van der Waals surface area contributed by atoms with Crippen LogP contribution in [-0.2, 0) is 11.2 Å². The first-order chi connectivity index (χ1) is 12.3. The third-order valence-corrected chi connectivity index (χ3v) is 4.13. The molecular weight excluding hydrogens is 340 g/mol. The second-order valence-corrected chi connectivity index (χ2v) is 7.03. The molecule has 1 aromatic heterocycles. The molecule has 0 spiro atoms. The molecule has 1 aliphatic heterocycles. The Morgan fingerprint density at radius 1 is 1.15 bits per heavy atom. The van der Waals surface area contributed by atoms with Crippen LogP contribution in [0.4, 0.5) is 20.7 Å². The maximum atomic E-state index is 14.0. The molecule has 1 saturated heterocycles. The first kappa shape index (κ1) is 18.4. The van der Waals surface area contributed by atoms with Crippen LogP contribution in [0.3, 0.4) is 0 Å². The molecular formula is C18H23F2N5O. The van der Waals surface area contributed by atoms with Crippen molar-refractivity contribution in [3.05, 3.63) is 41.2 Å². The van der Waals surface area contributed by atoms with E-state index in [9.17, 15) is 8.78 Å². The van der Waals surface area contributed by atoms with Gasteiger partial charge in [0.2, 0.25) is 11.9 Å². The number of ether oxygens (including phenoxy) is 1. The molecule has 2 aromatic rings. The second kappa shape index (κ2) is 7.49. The zero-order valence-electron chi connectivity index (χ0n) is 15.2. The highest BCUT2D eigenvalue weighted by Gasteiger charge is 2.23. The van der Waals surface area contributed by atoms with Crippen molar-refractivity contribution < 1.29 is 13.5 Å². The predicted molar refractivity (Wildman–Crippen MR) is 95.4 cm³/mol. The number of morpholine rings is 1. The number of aryl methyl sites for hydroxylation is 1. The van der Waals surface area contributed by atoms with E-state index in [0.717, 1.165) is 19.2 Å². The largest absolute Gasteiger partial charge is 0.378 e. The number of nitrogens with zero attached hydrogens (tertiary/aromatic N) is 4. The molecule has 2 heterocycles. The highest BCUT2D eigenvalue weighted by Crippen LogP contribution is 2.21. The second-order valence-electron chi connectivity index (χ2n) is 7.03. The van der Waals surface area contributed by atoms with Crippen molar-refractivity contribution >= 4 is 11.9 Å². The van der Waals surface area contributed by atoms with Crippen LogP contribution in [0.2, 0.25) is 0 Å². The van der Waals surface area contributed by atoms with Gasteiger partial charge in [0, 0.05) is 24.7 Å². The summed E-state index contributed by atoms with van der Waals surface area (Å²) in [7, 11) is 0. The molecule has 0 unspecified atom stereocenters. The zero-order chi connectivity index (χ0) is 18.7. The maximum absolute atomic E-state index is 14.0. The molecule has 0 saturated carbocycles. The number of anilines is 2. The summed E-state index contributed by atoms with van der Waals surface area (Å²) in [6, 6.07) is 3.62. The van der Waals surface area contributed by atoms with E-state index >= 15 is 0 Å². The number of hydrogen-bond donors (Lipinski definition) is 1. The van der Waals surface area contributed by atoms with Crippen molar-refractivity contribution in [2.45, 2.75) is 32.7 Å². The summed E-state index contributed by atoms with van der Waals surface area (Å²) in [5.41, 5.74) is -0.0996. The van der Waals surface area contributed by atoms with Gasteiger partial charge < -0.3 is 15.0 Å². The molecule has 0 bridgehead atoms. The van der Waals surface area contributed by atoms with Crippen LogP contribution < -0.4 is 10.2 Å². The van der Waals surface area contributed by atoms with Crippen LogP contribution >= 0.6 is 0 Å². The van der Waals surface area contributed by atoms with Gasteiger partial charge in [0.1, 0.15) is 17.5 Å². The summed E-state index contributed by atoms with van der Waals surface area (Å²) in [5, 5.41) is 3.25. The molecule has 3 rings (SSSR count). The summed E-state index contributed by atoms with van der Waals surface area (Å²) in [6.45, 7) is 8.39. The minimum atomic E-state index is -0.583. The fourth-order valence-electron chi connectivity index (χ4n) is 2.92. The number of hydrogen-bond acceptors (Lipinski definition) is 6. The third kappa shape index (κ3) is 4.63. The van der Waals surface area contributed by atoms with Crippen molar-refractivity contribution in [3.63, 3.8) is 0 Å². The van der Waals surface area contributed by atoms with E-state index in [2.05, 4.69) is 25.2 Å². The maximum Gasteiger partial charge on any atom is 0.230 e. The Labute approximate surface area is 151 Å². The first-order valence-electron chi connectivity index (χ1n) is 8.60. The van der Waals surface area contributed by atoms with Crippen LogP contribution in [0.25, 0.3) is 0 Å². The quantitative estimate of drug-likeness (QED) is 0.881. The van der Waals surface area contributed by atoms with Crippen LogP contribution in [0.15, 0.2) is 18.2 Å². The molecule has 8 heteroatoms. The Kier molecular flexibility index (Phi) is 5.31. The van der Waals surface area contributed by atoms with Gasteiger partial charge in [-0.25, -0.2) is 8.78 Å². The lowest BCUT2D eigenvalue weighted by atomic mass is 9.94. The van der Waals surface area contributed by atoms with Gasteiger partial charge in [-0.1, -0.05) is 6.07 Å². The Balaban J connectivity index is 1.77. The Morgan fingerprint density at radius 3 is 2.58 bits per heavy atom. The van der Waals surface area contributed by atoms with E-state index in [4.69, 9.17) is 4.74 Å². The summed E-state index contributed by atoms with van der Waals surface area (Å²) in [5.74, 6) is 0.507. The lowest BCUT2D eigenvalue weighted by molar-refractivity contribution is 0.122. The summed E-state index contributed by atoms with van der Waals surface area (Å²) >= 11 is 0. The van der Waals surface area contributed by atoms with Crippen molar-refractivity contribution in [3.8, 4) is 0 Å². The minimum absolute atomic E-state index is 0.358. The van der Waals surface area contributed by atoms with Crippen LogP contribution in [0.5, 0.6) is 0 Å². The molecule has 26 heavy (non-hydrogen) atoms. The molecule has 0 atom stereocenters. The Morgan fingerprint density at radius 2 is 1.88 bits per heavy atom. The number of nitrogens with one attached hydrogen (secondary N) is 1. The topological polar surface area (TPSA) is 63.2 Å². The number of rotatable bonds is 5. The van der Waals surface area contributed by atoms with E-state index in [1.165, 1.54) is 12.1 Å². The summed E-state index contributed by atoms with van der Waals surface area (Å²) < 4.78 is 32.4. The van der Waals surface area contributed by atoms with Crippen molar-refractivity contribution in [2.75, 3.05) is 36.5 Å². The molecule has 0 aliphatic carbocycles. The highest BCUT2D eigenvalue weighted by molar-refractivity contribution is 5.39. The van der Waals surface area contributed by atoms with Gasteiger partial charge in [-0.15, -0.1) is 0 Å². The fourth-order valence-corrected chi connectivity index (χ4v) is 2.92. The van der Waals surface area contributed by atoms with Gasteiger partial charge in [-0.3, -0.25) is 0 Å². The van der Waals surface area contributed by atoms with Gasteiger partial charge in [0.05, 0.1) is 13.2 Å². The fraction of sp³-hybridized carbons (Fsp3) is 0.500. The van der Waals surface area contributed by atoms with Crippen molar-refractivity contribution in [1.82, 2.24) is 15.0 Å². The summed E-state index contributed by atoms with van der Waals surface area (Å²) in [6.07, 6.45) is 0.358. The predicted octanol–water partition coefficient (Wildman–Crippen LogP) is 2.73. The van der Waals surface area contributed by atoms with E-state index in [-0.39, 0.29) is 0 Å². The third-order valence-electron chi connectivity index (χ3n) is 4.13. The van der Waals surface area contributed by atoms with Gasteiger partial charge in [-0.05, 0) is 38.8 Å². The van der Waals surface area contributed by atoms with E-state index in [1.807, 2.05) is 20.8 Å². The van der Waals surface area contributed by atoms with Gasteiger partial charge in [-0.2, -0.15) is 15.0 Å². The normalized spacial score (nSPS) is 15.2. The lowest BCUT2D eigenvalue weighted by Crippen LogP contribution is -2.38. The monoisotopic (exact) mass is 363 g/mol. The van der Waals surface area contributed by atoms with Gasteiger partial charge in [0.15, 0.2) is 0 Å². The molecule has 1 aliphatic rings. The molecule has 1 fully saturated rings. The molecule has 0 radical (unpaired) electrons. The standard InChI is InChI=1S/C18H23F2N5O/c1-12-21-16(23-17(22-12)25-6-8-26-9-7-25)24-18(2,3)11-13-4-5-14(19)10-15(13)20/h4-5,10H,6-9,11H2,1-3H3,(H,21,22,23,24). The first-order valence-corrected chi connectivity index (χ1v) is 8.60. The van der Waals surface area contributed by atoms with E-state index < -0.39 is 17.2 Å². The van der Waals surface area contributed by atoms with Crippen LogP contribution in [0.1, 0.15) is 25.2 Å². The number of halogens is 2. The lowest BCUT2D eigenvalue weighted by Gasteiger charge is -2.29. The molecule has 1 N–H and O–H groups in total. The van der Waals surface area contributed by atoms with Crippen LogP contribution in [-0.4, -0.2) is 46.8 Å². The minimum Gasteiger partial charge on any atom is -0.378 e. The Bertz CT molecular complexity index is 778. The molecule has 1 aromatic carbocycles. The van der Waals surface area contributed by atoms with E-state index in [1.54, 1.807) is 0 Å². The molecule has 6 nitrogen and oxygen atoms in total. The Hall–Kier alpha value is -2.35. The van der Waals surface area contributed by atoms with Crippen LogP contribution in [0, 0.1) is 18.6 Å². The number of aromatic nitrogens is 3. The molecule has 140 valence electrons. The van der Waals surface area contributed by atoms with Gasteiger partial charge in [0.25, 0.3) is 0 Å². The van der Waals surface area contributed by atoms with E-state index in [0.29, 0.717) is 42.9 Å².